The topological polar surface area (TPSA) is 73.3 Å². The van der Waals surface area contributed by atoms with Crippen molar-refractivity contribution in [2.24, 2.45) is 5.73 Å². The highest BCUT2D eigenvalue weighted by atomic mass is 16.5. The number of fused-ring (bicyclic) bond motifs is 1. The summed E-state index contributed by atoms with van der Waals surface area (Å²) in [6.07, 6.45) is 3.04. The highest BCUT2D eigenvalue weighted by molar-refractivity contribution is 5.49. The van der Waals surface area contributed by atoms with Crippen LogP contribution in [0.5, 0.6) is 5.75 Å². The van der Waals surface area contributed by atoms with E-state index in [9.17, 15) is 5.11 Å². The Morgan fingerprint density at radius 3 is 2.95 bits per heavy atom. The van der Waals surface area contributed by atoms with Crippen LogP contribution in [0.15, 0.2) is 30.5 Å². The number of benzene rings is 1. The van der Waals surface area contributed by atoms with Crippen LogP contribution in [0.4, 0.5) is 0 Å². The van der Waals surface area contributed by atoms with E-state index in [1.807, 2.05) is 28.9 Å². The number of aryl methyl sites for hydroxylation is 1. The lowest BCUT2D eigenvalue weighted by Crippen LogP contribution is -2.29. The van der Waals surface area contributed by atoms with Crippen LogP contribution in [0.3, 0.4) is 0 Å². The summed E-state index contributed by atoms with van der Waals surface area (Å²) in [6.45, 7) is 2.81. The minimum absolute atomic E-state index is 0.180. The molecule has 0 saturated carbocycles. The first-order valence-electron chi connectivity index (χ1n) is 7.29. The molecule has 112 valence electrons. The molecule has 1 heterocycles. The average molecular weight is 287 g/mol. The SMILES string of the molecule is CCCn1ncc(OC)c1C1(O)CC(N)c2ccccc21. The van der Waals surface area contributed by atoms with Crippen molar-refractivity contribution in [2.45, 2.75) is 38.0 Å². The minimum atomic E-state index is -1.15. The Balaban J connectivity index is 2.18. The number of rotatable bonds is 4. The van der Waals surface area contributed by atoms with E-state index >= 15 is 0 Å². The van der Waals surface area contributed by atoms with E-state index in [-0.39, 0.29) is 6.04 Å². The third-order valence-corrected chi connectivity index (χ3v) is 4.17. The number of nitrogens with zero attached hydrogens (tertiary/aromatic N) is 2. The quantitative estimate of drug-likeness (QED) is 0.901. The fourth-order valence-electron chi connectivity index (χ4n) is 3.28. The molecule has 2 unspecified atom stereocenters. The summed E-state index contributed by atoms with van der Waals surface area (Å²) < 4.78 is 7.24. The molecule has 2 aromatic rings. The van der Waals surface area contributed by atoms with Crippen molar-refractivity contribution in [3.8, 4) is 5.75 Å². The van der Waals surface area contributed by atoms with Gasteiger partial charge in [-0.05, 0) is 17.5 Å². The molecular weight excluding hydrogens is 266 g/mol. The van der Waals surface area contributed by atoms with Gasteiger partial charge in [0.25, 0.3) is 0 Å². The van der Waals surface area contributed by atoms with Crippen LogP contribution in [0.1, 0.15) is 42.6 Å². The number of aromatic nitrogens is 2. The maximum absolute atomic E-state index is 11.4. The average Bonchev–Trinajstić information content (AvgIpc) is 3.01. The van der Waals surface area contributed by atoms with Crippen molar-refractivity contribution < 1.29 is 9.84 Å². The van der Waals surface area contributed by atoms with E-state index in [1.54, 1.807) is 13.3 Å². The maximum Gasteiger partial charge on any atom is 0.163 e. The smallest absolute Gasteiger partial charge is 0.163 e. The van der Waals surface area contributed by atoms with Gasteiger partial charge in [0, 0.05) is 19.0 Å². The lowest BCUT2D eigenvalue weighted by atomic mass is 9.91. The fraction of sp³-hybridized carbons (Fsp3) is 0.438. The fourth-order valence-corrected chi connectivity index (χ4v) is 3.28. The van der Waals surface area contributed by atoms with Crippen LogP contribution in [0, 0.1) is 0 Å². The molecule has 5 nitrogen and oxygen atoms in total. The molecule has 1 aromatic carbocycles. The van der Waals surface area contributed by atoms with E-state index in [0.29, 0.717) is 17.9 Å². The number of aliphatic hydroxyl groups is 1. The molecule has 3 N–H and O–H groups in total. The van der Waals surface area contributed by atoms with Crippen LogP contribution in [0.25, 0.3) is 0 Å². The first-order valence-corrected chi connectivity index (χ1v) is 7.29. The van der Waals surface area contributed by atoms with Gasteiger partial charge in [-0.25, -0.2) is 0 Å². The number of nitrogens with two attached hydrogens (primary N) is 1. The number of ether oxygens (including phenoxy) is 1. The van der Waals surface area contributed by atoms with Crippen LogP contribution >= 0.6 is 0 Å². The molecular formula is C16H21N3O2. The van der Waals surface area contributed by atoms with Gasteiger partial charge in [-0.1, -0.05) is 31.2 Å². The molecule has 1 aromatic heterocycles. The lowest BCUT2D eigenvalue weighted by molar-refractivity contribution is 0.0647. The molecule has 1 aliphatic carbocycles. The largest absolute Gasteiger partial charge is 0.493 e. The summed E-state index contributed by atoms with van der Waals surface area (Å²) in [7, 11) is 1.60. The van der Waals surface area contributed by atoms with Crippen LogP contribution in [-0.2, 0) is 12.1 Å². The van der Waals surface area contributed by atoms with Gasteiger partial charge in [-0.2, -0.15) is 5.10 Å². The second kappa shape index (κ2) is 5.16. The molecule has 0 spiro atoms. The van der Waals surface area contributed by atoms with Crippen LogP contribution < -0.4 is 10.5 Å². The van der Waals surface area contributed by atoms with E-state index in [1.165, 1.54) is 0 Å². The van der Waals surface area contributed by atoms with Crippen molar-refractivity contribution in [3.63, 3.8) is 0 Å². The predicted molar refractivity (Wildman–Crippen MR) is 80.1 cm³/mol. The van der Waals surface area contributed by atoms with Gasteiger partial charge in [-0.3, -0.25) is 4.68 Å². The Bertz CT molecular complexity index is 653. The number of hydrogen-bond acceptors (Lipinski definition) is 4. The normalized spacial score (nSPS) is 24.1. The molecule has 21 heavy (non-hydrogen) atoms. The molecule has 0 saturated heterocycles. The summed E-state index contributed by atoms with van der Waals surface area (Å²) in [5.41, 5.74) is 7.62. The molecule has 3 rings (SSSR count). The van der Waals surface area contributed by atoms with Gasteiger partial charge in [0.05, 0.1) is 13.3 Å². The zero-order chi connectivity index (χ0) is 15.0. The Morgan fingerprint density at radius 1 is 1.48 bits per heavy atom. The standard InChI is InChI=1S/C16H21N3O2/c1-3-8-19-15(14(21-2)10-18-19)16(20)9-13(17)11-6-4-5-7-12(11)16/h4-7,10,13,20H,3,8-9,17H2,1-2H3. The van der Waals surface area contributed by atoms with E-state index in [4.69, 9.17) is 10.5 Å². The monoisotopic (exact) mass is 287 g/mol. The maximum atomic E-state index is 11.4. The third kappa shape index (κ3) is 2.04. The summed E-state index contributed by atoms with van der Waals surface area (Å²) >= 11 is 0. The Labute approximate surface area is 124 Å². The zero-order valence-electron chi connectivity index (χ0n) is 12.4. The third-order valence-electron chi connectivity index (χ3n) is 4.17. The Kier molecular flexibility index (Phi) is 3.47. The summed E-state index contributed by atoms with van der Waals surface area (Å²) in [5.74, 6) is 0.606. The molecule has 2 atom stereocenters. The summed E-state index contributed by atoms with van der Waals surface area (Å²) in [6, 6.07) is 7.61. The van der Waals surface area contributed by atoms with Crippen molar-refractivity contribution in [1.29, 1.82) is 0 Å². The van der Waals surface area contributed by atoms with E-state index < -0.39 is 5.60 Å². The van der Waals surface area contributed by atoms with Crippen LogP contribution in [-0.4, -0.2) is 22.0 Å². The first kappa shape index (κ1) is 14.1. The highest BCUT2D eigenvalue weighted by Gasteiger charge is 2.46. The van der Waals surface area contributed by atoms with Crippen molar-refractivity contribution in [2.75, 3.05) is 7.11 Å². The molecule has 1 aliphatic rings. The summed E-state index contributed by atoms with van der Waals surface area (Å²) in [5, 5.41) is 15.7. The zero-order valence-corrected chi connectivity index (χ0v) is 12.4. The van der Waals surface area contributed by atoms with Gasteiger partial charge in [0.15, 0.2) is 5.75 Å². The first-order chi connectivity index (χ1) is 10.1. The molecule has 0 aliphatic heterocycles. The Hall–Kier alpha value is -1.85. The minimum Gasteiger partial charge on any atom is -0.493 e. The van der Waals surface area contributed by atoms with Gasteiger partial charge in [0.2, 0.25) is 0 Å². The van der Waals surface area contributed by atoms with Crippen molar-refractivity contribution in [3.05, 3.63) is 47.3 Å². The molecule has 0 bridgehead atoms. The predicted octanol–water partition coefficient (Wildman–Crippen LogP) is 1.94. The van der Waals surface area contributed by atoms with Gasteiger partial charge < -0.3 is 15.6 Å². The number of hydrogen-bond donors (Lipinski definition) is 2. The number of methoxy groups -OCH3 is 1. The second-order valence-corrected chi connectivity index (χ2v) is 5.54. The van der Waals surface area contributed by atoms with Crippen molar-refractivity contribution >= 4 is 0 Å². The lowest BCUT2D eigenvalue weighted by Gasteiger charge is -2.26. The van der Waals surface area contributed by atoms with E-state index in [0.717, 1.165) is 24.1 Å². The van der Waals surface area contributed by atoms with Crippen LogP contribution in [0.2, 0.25) is 0 Å². The second-order valence-electron chi connectivity index (χ2n) is 5.54. The summed E-state index contributed by atoms with van der Waals surface area (Å²) in [4.78, 5) is 0. The molecule has 0 radical (unpaired) electrons. The van der Waals surface area contributed by atoms with Gasteiger partial charge >= 0.3 is 0 Å². The molecule has 0 fully saturated rings. The molecule has 0 amide bonds. The van der Waals surface area contributed by atoms with Gasteiger partial charge in [-0.15, -0.1) is 0 Å². The van der Waals surface area contributed by atoms with Gasteiger partial charge in [0.1, 0.15) is 11.3 Å². The highest BCUT2D eigenvalue weighted by Crippen LogP contribution is 2.48. The van der Waals surface area contributed by atoms with E-state index in [2.05, 4.69) is 12.0 Å². The Morgan fingerprint density at radius 2 is 2.24 bits per heavy atom. The van der Waals surface area contributed by atoms with Crippen molar-refractivity contribution in [1.82, 2.24) is 9.78 Å². The molecule has 5 heteroatoms.